The summed E-state index contributed by atoms with van der Waals surface area (Å²) in [5, 5.41) is 8.42. The van der Waals surface area contributed by atoms with Gasteiger partial charge in [0.2, 0.25) is 5.89 Å². The van der Waals surface area contributed by atoms with Crippen LogP contribution in [0, 0.1) is 0 Å². The maximum absolute atomic E-state index is 6.06. The lowest BCUT2D eigenvalue weighted by Crippen LogP contribution is -2.16. The van der Waals surface area contributed by atoms with Crippen LogP contribution in [0.3, 0.4) is 0 Å². The summed E-state index contributed by atoms with van der Waals surface area (Å²) in [6.07, 6.45) is 4.87. The number of para-hydroxylation sites is 2. The molecule has 6 heteroatoms. The fourth-order valence-corrected chi connectivity index (χ4v) is 3.71. The molecular weight excluding hydrogens is 326 g/mol. The van der Waals surface area contributed by atoms with E-state index >= 15 is 0 Å². The summed E-state index contributed by atoms with van der Waals surface area (Å²) in [5.41, 5.74) is 10.8. The summed E-state index contributed by atoms with van der Waals surface area (Å²) in [6.45, 7) is 0. The summed E-state index contributed by atoms with van der Waals surface area (Å²) < 4.78 is 7.86. The maximum atomic E-state index is 6.06. The zero-order valence-electron chi connectivity index (χ0n) is 14.2. The van der Waals surface area contributed by atoms with Crippen LogP contribution in [0.4, 0.5) is 0 Å². The van der Waals surface area contributed by atoms with Crippen LogP contribution in [-0.2, 0) is 0 Å². The summed E-state index contributed by atoms with van der Waals surface area (Å²) in [5.74, 6) is 0.631. The van der Waals surface area contributed by atoms with Crippen LogP contribution in [0.15, 0.2) is 59.1 Å². The Hall–Kier alpha value is -2.99. The van der Waals surface area contributed by atoms with Crippen molar-refractivity contribution in [2.24, 2.45) is 5.73 Å². The molecule has 6 nitrogen and oxygen atoms in total. The molecule has 2 aromatic heterocycles. The summed E-state index contributed by atoms with van der Waals surface area (Å²) in [6, 6.07) is 16.6. The van der Waals surface area contributed by atoms with Gasteiger partial charge in [0.25, 0.3) is 0 Å². The van der Waals surface area contributed by atoms with E-state index in [1.54, 1.807) is 0 Å². The Labute approximate surface area is 150 Å². The highest BCUT2D eigenvalue weighted by molar-refractivity contribution is 5.76. The Balaban J connectivity index is 1.46. The molecule has 4 aromatic rings. The first-order valence-electron chi connectivity index (χ1n) is 8.90. The van der Waals surface area contributed by atoms with Crippen molar-refractivity contribution in [1.29, 1.82) is 0 Å². The predicted molar refractivity (Wildman–Crippen MR) is 99.3 cm³/mol. The number of hydrogen-bond donors (Lipinski definition) is 1. The van der Waals surface area contributed by atoms with Crippen molar-refractivity contribution in [3.8, 4) is 22.7 Å². The van der Waals surface area contributed by atoms with E-state index in [2.05, 4.69) is 27.4 Å². The van der Waals surface area contributed by atoms with Crippen molar-refractivity contribution < 1.29 is 4.42 Å². The van der Waals surface area contributed by atoms with E-state index in [0.29, 0.717) is 11.9 Å². The van der Waals surface area contributed by atoms with Gasteiger partial charge >= 0.3 is 0 Å². The second-order valence-electron chi connectivity index (χ2n) is 6.85. The van der Waals surface area contributed by atoms with Crippen LogP contribution >= 0.6 is 0 Å². The largest absolute Gasteiger partial charge is 0.436 e. The van der Waals surface area contributed by atoms with Crippen molar-refractivity contribution in [1.82, 2.24) is 20.0 Å². The standard InChI is InChI=1S/C20H19N5O/c21-15-9-10-16(11-15)25-18(12-22-24-25)13-5-7-14(8-6-13)20-23-17-3-1-2-4-19(17)26-20/h1-8,12,15-16H,9-11,21H2. The van der Waals surface area contributed by atoms with Crippen LogP contribution < -0.4 is 5.73 Å². The molecule has 0 radical (unpaired) electrons. The topological polar surface area (TPSA) is 82.8 Å². The van der Waals surface area contributed by atoms with Gasteiger partial charge in [-0.25, -0.2) is 9.67 Å². The fourth-order valence-electron chi connectivity index (χ4n) is 3.71. The van der Waals surface area contributed by atoms with E-state index in [9.17, 15) is 0 Å². The molecule has 1 aliphatic rings. The predicted octanol–water partition coefficient (Wildman–Crippen LogP) is 3.81. The average molecular weight is 345 g/mol. The van der Waals surface area contributed by atoms with Gasteiger partial charge in [-0.3, -0.25) is 0 Å². The number of oxazole rings is 1. The molecule has 2 aromatic carbocycles. The third-order valence-electron chi connectivity index (χ3n) is 5.09. The third-order valence-corrected chi connectivity index (χ3v) is 5.09. The van der Waals surface area contributed by atoms with Crippen LogP contribution in [-0.4, -0.2) is 26.0 Å². The van der Waals surface area contributed by atoms with Crippen molar-refractivity contribution in [2.75, 3.05) is 0 Å². The SMILES string of the molecule is NC1CCC(n2nncc2-c2ccc(-c3nc4ccccc4o3)cc2)C1. The number of nitrogens with zero attached hydrogens (tertiary/aromatic N) is 4. The molecule has 26 heavy (non-hydrogen) atoms. The molecule has 1 fully saturated rings. The second kappa shape index (κ2) is 6.07. The minimum Gasteiger partial charge on any atom is -0.436 e. The van der Waals surface area contributed by atoms with Crippen molar-refractivity contribution in [3.63, 3.8) is 0 Å². The molecule has 130 valence electrons. The summed E-state index contributed by atoms with van der Waals surface area (Å²) in [4.78, 5) is 4.55. The van der Waals surface area contributed by atoms with Gasteiger partial charge in [0, 0.05) is 17.2 Å². The van der Waals surface area contributed by atoms with Crippen LogP contribution in [0.2, 0.25) is 0 Å². The van der Waals surface area contributed by atoms with Gasteiger partial charge in [-0.05, 0) is 43.5 Å². The molecule has 2 atom stereocenters. The van der Waals surface area contributed by atoms with Gasteiger partial charge in [-0.1, -0.05) is 29.5 Å². The number of benzene rings is 2. The fraction of sp³-hybridized carbons (Fsp3) is 0.250. The van der Waals surface area contributed by atoms with Gasteiger partial charge in [0.05, 0.1) is 17.9 Å². The van der Waals surface area contributed by atoms with E-state index < -0.39 is 0 Å². The van der Waals surface area contributed by atoms with Crippen LogP contribution in [0.1, 0.15) is 25.3 Å². The highest BCUT2D eigenvalue weighted by Gasteiger charge is 2.26. The lowest BCUT2D eigenvalue weighted by molar-refractivity contribution is 0.452. The zero-order chi connectivity index (χ0) is 17.5. The molecule has 0 amide bonds. The van der Waals surface area contributed by atoms with Gasteiger partial charge in [0.1, 0.15) is 5.52 Å². The second-order valence-corrected chi connectivity index (χ2v) is 6.85. The number of aromatic nitrogens is 4. The molecule has 0 aliphatic heterocycles. The number of rotatable bonds is 3. The minimum absolute atomic E-state index is 0.263. The Morgan fingerprint density at radius 2 is 1.81 bits per heavy atom. The first kappa shape index (κ1) is 15.3. The highest BCUT2D eigenvalue weighted by atomic mass is 16.3. The van der Waals surface area contributed by atoms with E-state index in [0.717, 1.165) is 47.2 Å². The molecule has 0 spiro atoms. The normalized spacial score (nSPS) is 20.0. The zero-order valence-corrected chi connectivity index (χ0v) is 14.2. The Bertz CT molecular complexity index is 1020. The first-order valence-corrected chi connectivity index (χ1v) is 8.90. The molecular formula is C20H19N5O. The number of fused-ring (bicyclic) bond motifs is 1. The molecule has 0 bridgehead atoms. The van der Waals surface area contributed by atoms with Crippen molar-refractivity contribution >= 4 is 11.1 Å². The van der Waals surface area contributed by atoms with Gasteiger partial charge < -0.3 is 10.2 Å². The molecule has 1 aliphatic carbocycles. The third kappa shape index (κ3) is 2.59. The Kier molecular flexibility index (Phi) is 3.57. The summed E-state index contributed by atoms with van der Waals surface area (Å²) in [7, 11) is 0. The summed E-state index contributed by atoms with van der Waals surface area (Å²) >= 11 is 0. The maximum Gasteiger partial charge on any atom is 0.227 e. The molecule has 2 N–H and O–H groups in total. The van der Waals surface area contributed by atoms with Crippen molar-refractivity contribution in [2.45, 2.75) is 31.3 Å². The smallest absolute Gasteiger partial charge is 0.227 e. The lowest BCUT2D eigenvalue weighted by atomic mass is 10.1. The van der Waals surface area contributed by atoms with Crippen LogP contribution in [0.25, 0.3) is 33.8 Å². The lowest BCUT2D eigenvalue weighted by Gasteiger charge is -2.13. The van der Waals surface area contributed by atoms with E-state index in [1.165, 1.54) is 0 Å². The van der Waals surface area contributed by atoms with Gasteiger partial charge in [0.15, 0.2) is 5.58 Å². The Morgan fingerprint density at radius 1 is 1.00 bits per heavy atom. The molecule has 0 saturated heterocycles. The van der Waals surface area contributed by atoms with Crippen molar-refractivity contribution in [3.05, 3.63) is 54.7 Å². The first-order chi connectivity index (χ1) is 12.8. The quantitative estimate of drug-likeness (QED) is 0.610. The number of hydrogen-bond acceptors (Lipinski definition) is 5. The molecule has 5 rings (SSSR count). The van der Waals surface area contributed by atoms with E-state index in [1.807, 2.05) is 47.3 Å². The Morgan fingerprint density at radius 3 is 2.58 bits per heavy atom. The van der Waals surface area contributed by atoms with E-state index in [4.69, 9.17) is 10.2 Å². The van der Waals surface area contributed by atoms with Crippen LogP contribution in [0.5, 0.6) is 0 Å². The van der Waals surface area contributed by atoms with Gasteiger partial charge in [-0.2, -0.15) is 0 Å². The van der Waals surface area contributed by atoms with E-state index in [-0.39, 0.29) is 6.04 Å². The molecule has 2 heterocycles. The molecule has 2 unspecified atom stereocenters. The van der Waals surface area contributed by atoms with Gasteiger partial charge in [-0.15, -0.1) is 5.10 Å². The molecule has 1 saturated carbocycles. The highest BCUT2D eigenvalue weighted by Crippen LogP contribution is 2.33. The monoisotopic (exact) mass is 345 g/mol. The minimum atomic E-state index is 0.263. The average Bonchev–Trinajstić information content (AvgIpc) is 3.40. The number of nitrogens with two attached hydrogens (primary N) is 1.